The number of ether oxygens (including phenoxy) is 1. The minimum atomic E-state index is -0.00755. The van der Waals surface area contributed by atoms with Gasteiger partial charge in [0.1, 0.15) is 4.88 Å². The van der Waals surface area contributed by atoms with Gasteiger partial charge in [-0.1, -0.05) is 0 Å². The van der Waals surface area contributed by atoms with Crippen LogP contribution in [0, 0.1) is 0 Å². The van der Waals surface area contributed by atoms with E-state index in [0.29, 0.717) is 22.5 Å². The lowest BCUT2D eigenvalue weighted by Crippen LogP contribution is -2.25. The van der Waals surface area contributed by atoms with Gasteiger partial charge in [-0.3, -0.25) is 4.79 Å². The fourth-order valence-corrected chi connectivity index (χ4v) is 3.57. The van der Waals surface area contributed by atoms with Crippen molar-refractivity contribution < 1.29 is 9.53 Å². The third-order valence-corrected chi connectivity index (χ3v) is 5.08. The predicted octanol–water partition coefficient (Wildman–Crippen LogP) is 2.55. The van der Waals surface area contributed by atoms with Gasteiger partial charge in [0.25, 0.3) is 5.91 Å². The van der Waals surface area contributed by atoms with Gasteiger partial charge < -0.3 is 21.1 Å². The molecule has 1 amide bonds. The second kappa shape index (κ2) is 6.23. The molecule has 1 aromatic heterocycles. The summed E-state index contributed by atoms with van der Waals surface area (Å²) in [5.41, 5.74) is 8.11. The SMILES string of the molecule is COCCCNc1sc(C(=O)NC2CC2)c(N)c1C1CC1. The molecule has 2 saturated carbocycles. The van der Waals surface area contributed by atoms with Crippen molar-refractivity contribution in [2.45, 2.75) is 44.1 Å². The minimum absolute atomic E-state index is 0.00755. The van der Waals surface area contributed by atoms with Crippen molar-refractivity contribution in [1.82, 2.24) is 5.32 Å². The topological polar surface area (TPSA) is 76.4 Å². The van der Waals surface area contributed by atoms with Gasteiger partial charge in [-0.2, -0.15) is 0 Å². The standard InChI is InChI=1S/C15H23N3O2S/c1-20-8-2-7-17-15-11(9-3-4-9)12(16)13(21-15)14(19)18-10-5-6-10/h9-10,17H,2-8,16H2,1H3,(H,18,19). The molecule has 116 valence electrons. The van der Waals surface area contributed by atoms with Gasteiger partial charge in [-0.15, -0.1) is 11.3 Å². The third-order valence-electron chi connectivity index (χ3n) is 3.90. The van der Waals surface area contributed by atoms with Crippen LogP contribution in [0.2, 0.25) is 0 Å². The maximum Gasteiger partial charge on any atom is 0.263 e. The van der Waals surface area contributed by atoms with Gasteiger partial charge in [0, 0.05) is 31.9 Å². The van der Waals surface area contributed by atoms with E-state index < -0.39 is 0 Å². The molecule has 21 heavy (non-hydrogen) atoms. The molecular weight excluding hydrogens is 286 g/mol. The number of rotatable bonds is 8. The van der Waals surface area contributed by atoms with E-state index in [1.165, 1.54) is 29.7 Å². The normalized spacial score (nSPS) is 17.8. The number of thiophene rings is 1. The van der Waals surface area contributed by atoms with E-state index in [2.05, 4.69) is 10.6 Å². The lowest BCUT2D eigenvalue weighted by Gasteiger charge is -2.06. The van der Waals surface area contributed by atoms with E-state index in [1.54, 1.807) is 7.11 Å². The highest BCUT2D eigenvalue weighted by molar-refractivity contribution is 7.18. The van der Waals surface area contributed by atoms with Gasteiger partial charge in [0.15, 0.2) is 0 Å². The molecule has 0 saturated heterocycles. The molecule has 3 rings (SSSR count). The van der Waals surface area contributed by atoms with Crippen LogP contribution in [-0.2, 0) is 4.74 Å². The highest BCUT2D eigenvalue weighted by Gasteiger charge is 2.34. The van der Waals surface area contributed by atoms with Gasteiger partial charge in [0.2, 0.25) is 0 Å². The smallest absolute Gasteiger partial charge is 0.263 e. The number of nitrogen functional groups attached to an aromatic ring is 1. The third kappa shape index (κ3) is 3.49. The highest BCUT2D eigenvalue weighted by atomic mass is 32.1. The second-order valence-electron chi connectivity index (χ2n) is 5.88. The minimum Gasteiger partial charge on any atom is -0.397 e. The average Bonchev–Trinajstić information content (AvgIpc) is 3.36. The fraction of sp³-hybridized carbons (Fsp3) is 0.667. The Bertz CT molecular complexity index is 521. The molecule has 1 heterocycles. The summed E-state index contributed by atoms with van der Waals surface area (Å²) in [4.78, 5) is 13.0. The lowest BCUT2D eigenvalue weighted by atomic mass is 10.1. The van der Waals surface area contributed by atoms with Gasteiger partial charge >= 0.3 is 0 Å². The van der Waals surface area contributed by atoms with Crippen molar-refractivity contribution in [2.75, 3.05) is 31.3 Å². The van der Waals surface area contributed by atoms with Crippen molar-refractivity contribution in [3.63, 3.8) is 0 Å². The Morgan fingerprint density at radius 1 is 1.38 bits per heavy atom. The predicted molar refractivity (Wildman–Crippen MR) is 86.2 cm³/mol. The van der Waals surface area contributed by atoms with Crippen molar-refractivity contribution in [1.29, 1.82) is 0 Å². The van der Waals surface area contributed by atoms with E-state index in [4.69, 9.17) is 10.5 Å². The summed E-state index contributed by atoms with van der Waals surface area (Å²) < 4.78 is 5.06. The molecule has 4 N–H and O–H groups in total. The number of carbonyl (C=O) groups excluding carboxylic acids is 1. The first-order valence-electron chi connectivity index (χ1n) is 7.66. The van der Waals surface area contributed by atoms with Crippen LogP contribution >= 0.6 is 11.3 Å². The quantitative estimate of drug-likeness (QED) is 0.645. The lowest BCUT2D eigenvalue weighted by molar-refractivity contribution is 0.0956. The van der Waals surface area contributed by atoms with Crippen LogP contribution in [0.4, 0.5) is 10.7 Å². The Labute approximate surface area is 129 Å². The zero-order valence-electron chi connectivity index (χ0n) is 12.4. The Kier molecular flexibility index (Phi) is 4.35. The van der Waals surface area contributed by atoms with Crippen LogP contribution < -0.4 is 16.4 Å². The van der Waals surface area contributed by atoms with Crippen molar-refractivity contribution in [3.8, 4) is 0 Å². The fourth-order valence-electron chi connectivity index (χ4n) is 2.43. The van der Waals surface area contributed by atoms with Crippen molar-refractivity contribution >= 4 is 27.9 Å². The molecule has 2 fully saturated rings. The van der Waals surface area contributed by atoms with Crippen LogP contribution in [0.25, 0.3) is 0 Å². The maximum absolute atomic E-state index is 12.3. The van der Waals surface area contributed by atoms with Gasteiger partial charge in [-0.25, -0.2) is 0 Å². The molecule has 0 aromatic carbocycles. The molecule has 6 heteroatoms. The number of hydrogen-bond donors (Lipinski definition) is 3. The molecule has 0 unspecified atom stereocenters. The molecule has 2 aliphatic carbocycles. The van der Waals surface area contributed by atoms with Crippen LogP contribution in [-0.4, -0.2) is 32.2 Å². The largest absolute Gasteiger partial charge is 0.397 e. The maximum atomic E-state index is 12.3. The van der Waals surface area contributed by atoms with Crippen LogP contribution in [0.5, 0.6) is 0 Å². The number of nitrogens with one attached hydrogen (secondary N) is 2. The van der Waals surface area contributed by atoms with Gasteiger partial charge in [-0.05, 0) is 38.0 Å². The molecule has 5 nitrogen and oxygen atoms in total. The monoisotopic (exact) mass is 309 g/mol. The number of anilines is 2. The summed E-state index contributed by atoms with van der Waals surface area (Å²) in [6, 6.07) is 0.362. The van der Waals surface area contributed by atoms with Crippen molar-refractivity contribution in [2.24, 2.45) is 0 Å². The number of hydrogen-bond acceptors (Lipinski definition) is 5. The second-order valence-corrected chi connectivity index (χ2v) is 6.90. The molecular formula is C15H23N3O2S. The molecule has 2 aliphatic rings. The highest BCUT2D eigenvalue weighted by Crippen LogP contribution is 2.50. The summed E-state index contributed by atoms with van der Waals surface area (Å²) in [6.07, 6.45) is 5.49. The van der Waals surface area contributed by atoms with Crippen molar-refractivity contribution in [3.05, 3.63) is 10.4 Å². The zero-order valence-corrected chi connectivity index (χ0v) is 13.2. The van der Waals surface area contributed by atoms with E-state index in [-0.39, 0.29) is 5.91 Å². The number of amides is 1. The Hall–Kier alpha value is -1.27. The summed E-state index contributed by atoms with van der Waals surface area (Å²) in [6.45, 7) is 1.58. The van der Waals surface area contributed by atoms with Crippen LogP contribution in [0.3, 0.4) is 0 Å². The zero-order chi connectivity index (χ0) is 14.8. The first kappa shape index (κ1) is 14.7. The Morgan fingerprint density at radius 2 is 2.14 bits per heavy atom. The summed E-state index contributed by atoms with van der Waals surface area (Å²) in [5.74, 6) is 0.528. The number of nitrogens with two attached hydrogens (primary N) is 1. The van der Waals surface area contributed by atoms with Gasteiger partial charge in [0.05, 0.1) is 10.7 Å². The van der Waals surface area contributed by atoms with E-state index in [1.807, 2.05) is 0 Å². The summed E-state index contributed by atoms with van der Waals surface area (Å²) in [5, 5.41) is 7.54. The summed E-state index contributed by atoms with van der Waals surface area (Å²) in [7, 11) is 1.71. The van der Waals surface area contributed by atoms with Crippen LogP contribution in [0.15, 0.2) is 0 Å². The Balaban J connectivity index is 1.72. The first-order chi connectivity index (χ1) is 10.2. The molecule has 0 atom stereocenters. The van der Waals surface area contributed by atoms with E-state index in [0.717, 1.165) is 37.4 Å². The van der Waals surface area contributed by atoms with E-state index >= 15 is 0 Å². The molecule has 0 aliphatic heterocycles. The summed E-state index contributed by atoms with van der Waals surface area (Å²) >= 11 is 1.50. The average molecular weight is 309 g/mol. The van der Waals surface area contributed by atoms with Crippen LogP contribution in [0.1, 0.15) is 53.3 Å². The molecule has 1 aromatic rings. The first-order valence-corrected chi connectivity index (χ1v) is 8.48. The van der Waals surface area contributed by atoms with E-state index in [9.17, 15) is 4.79 Å². The molecule has 0 radical (unpaired) electrons. The Morgan fingerprint density at radius 3 is 2.76 bits per heavy atom. The molecule has 0 spiro atoms. The number of methoxy groups -OCH3 is 1. The number of carbonyl (C=O) groups is 1. The molecule has 0 bridgehead atoms.